The van der Waals surface area contributed by atoms with Crippen LogP contribution in [0.1, 0.15) is 22.5 Å². The zero-order valence-electron chi connectivity index (χ0n) is 11.2. The number of nitrogens with zero attached hydrogens (tertiary/aromatic N) is 3. The fraction of sp³-hybridized carbons (Fsp3) is 0.462. The second-order valence-corrected chi connectivity index (χ2v) is 4.12. The summed E-state index contributed by atoms with van der Waals surface area (Å²) in [6.45, 7) is 3.02. The average Bonchev–Trinajstić information content (AvgIpc) is 2.37. The van der Waals surface area contributed by atoms with Crippen LogP contribution in [0.25, 0.3) is 0 Å². The molecule has 6 nitrogen and oxygen atoms in total. The van der Waals surface area contributed by atoms with E-state index in [4.69, 9.17) is 15.7 Å². The fourth-order valence-electron chi connectivity index (χ4n) is 1.70. The molecule has 0 aliphatic carbocycles. The number of carbonyl (C=O) groups excluding carboxylic acids is 1. The number of hydrogen-bond acceptors (Lipinski definition) is 5. The van der Waals surface area contributed by atoms with E-state index in [1.165, 1.54) is 0 Å². The van der Waals surface area contributed by atoms with E-state index in [1.807, 2.05) is 6.07 Å². The molecular weight excluding hydrogens is 244 g/mol. The summed E-state index contributed by atoms with van der Waals surface area (Å²) in [5.41, 5.74) is 6.81. The Balaban J connectivity index is 2.87. The third kappa shape index (κ3) is 4.56. The van der Waals surface area contributed by atoms with Gasteiger partial charge in [-0.05, 0) is 19.1 Å². The monoisotopic (exact) mass is 262 g/mol. The summed E-state index contributed by atoms with van der Waals surface area (Å²) in [7, 11) is 1.57. The standard InChI is InChI=1S/C13H18N4O2/c1-10-8-11(9-12(15)16-10)13(18)17(5-3-4-14)6-7-19-2/h8-9H,3,5-7H2,1-2H3,(H2,15,16). The van der Waals surface area contributed by atoms with Crippen molar-refractivity contribution in [3.8, 4) is 6.07 Å². The minimum Gasteiger partial charge on any atom is -0.384 e. The van der Waals surface area contributed by atoms with Gasteiger partial charge in [-0.25, -0.2) is 4.98 Å². The number of anilines is 1. The Morgan fingerprint density at radius 1 is 1.53 bits per heavy atom. The van der Waals surface area contributed by atoms with Gasteiger partial charge in [-0.15, -0.1) is 0 Å². The van der Waals surface area contributed by atoms with Gasteiger partial charge in [-0.3, -0.25) is 4.79 Å². The Bertz CT molecular complexity index is 462. The maximum atomic E-state index is 12.3. The molecule has 19 heavy (non-hydrogen) atoms. The first-order valence-corrected chi connectivity index (χ1v) is 5.97. The molecule has 1 heterocycles. The second-order valence-electron chi connectivity index (χ2n) is 4.12. The lowest BCUT2D eigenvalue weighted by Crippen LogP contribution is -2.34. The van der Waals surface area contributed by atoms with E-state index >= 15 is 0 Å². The fourth-order valence-corrected chi connectivity index (χ4v) is 1.70. The highest BCUT2D eigenvalue weighted by molar-refractivity contribution is 5.95. The number of nitriles is 1. The summed E-state index contributed by atoms with van der Waals surface area (Å²) in [6.07, 6.45) is 0.287. The number of carbonyl (C=O) groups is 1. The molecule has 2 N–H and O–H groups in total. The number of nitrogen functional groups attached to an aromatic ring is 1. The van der Waals surface area contributed by atoms with Gasteiger partial charge in [0.05, 0.1) is 19.1 Å². The molecule has 1 amide bonds. The molecule has 0 saturated carbocycles. The van der Waals surface area contributed by atoms with Gasteiger partial charge < -0.3 is 15.4 Å². The van der Waals surface area contributed by atoms with E-state index in [2.05, 4.69) is 4.98 Å². The second kappa shape index (κ2) is 7.34. The van der Waals surface area contributed by atoms with Gasteiger partial charge in [-0.2, -0.15) is 5.26 Å². The first-order valence-electron chi connectivity index (χ1n) is 5.97. The molecule has 0 radical (unpaired) electrons. The van der Waals surface area contributed by atoms with Crippen LogP contribution in [0.2, 0.25) is 0 Å². The van der Waals surface area contributed by atoms with Crippen LogP contribution < -0.4 is 5.73 Å². The summed E-state index contributed by atoms with van der Waals surface area (Å²) >= 11 is 0. The van der Waals surface area contributed by atoms with E-state index in [0.29, 0.717) is 36.8 Å². The van der Waals surface area contributed by atoms with Gasteiger partial charge >= 0.3 is 0 Å². The lowest BCUT2D eigenvalue weighted by atomic mass is 10.2. The van der Waals surface area contributed by atoms with Crippen molar-refractivity contribution in [1.29, 1.82) is 5.26 Å². The van der Waals surface area contributed by atoms with Gasteiger partial charge in [0.2, 0.25) is 0 Å². The first-order chi connectivity index (χ1) is 9.08. The Morgan fingerprint density at radius 3 is 2.84 bits per heavy atom. The lowest BCUT2D eigenvalue weighted by Gasteiger charge is -2.21. The van der Waals surface area contributed by atoms with Crippen molar-refractivity contribution in [1.82, 2.24) is 9.88 Å². The molecule has 102 valence electrons. The number of hydrogen-bond donors (Lipinski definition) is 1. The quantitative estimate of drug-likeness (QED) is 0.824. The largest absolute Gasteiger partial charge is 0.384 e. The smallest absolute Gasteiger partial charge is 0.254 e. The van der Waals surface area contributed by atoms with Gasteiger partial charge in [0.15, 0.2) is 0 Å². The topological polar surface area (TPSA) is 92.2 Å². The van der Waals surface area contributed by atoms with Gasteiger partial charge in [0.25, 0.3) is 5.91 Å². The number of amides is 1. The van der Waals surface area contributed by atoms with Gasteiger partial charge in [0, 0.05) is 31.5 Å². The summed E-state index contributed by atoms with van der Waals surface area (Å²) in [6, 6.07) is 5.26. The molecular formula is C13H18N4O2. The van der Waals surface area contributed by atoms with Crippen molar-refractivity contribution in [2.45, 2.75) is 13.3 Å². The molecule has 0 bridgehead atoms. The normalized spacial score (nSPS) is 9.95. The number of ether oxygens (including phenoxy) is 1. The maximum Gasteiger partial charge on any atom is 0.254 e. The van der Waals surface area contributed by atoms with Gasteiger partial charge in [0.1, 0.15) is 5.82 Å². The molecule has 0 saturated heterocycles. The van der Waals surface area contributed by atoms with E-state index in [0.717, 1.165) is 0 Å². The van der Waals surface area contributed by atoms with Gasteiger partial charge in [-0.1, -0.05) is 0 Å². The predicted molar refractivity (Wildman–Crippen MR) is 71.4 cm³/mol. The van der Waals surface area contributed by atoms with E-state index in [9.17, 15) is 4.79 Å². The van der Waals surface area contributed by atoms with E-state index in [1.54, 1.807) is 31.1 Å². The Kier molecular flexibility index (Phi) is 5.76. The zero-order chi connectivity index (χ0) is 14.3. The van der Waals surface area contributed by atoms with Crippen LogP contribution in [0.5, 0.6) is 0 Å². The molecule has 0 atom stereocenters. The zero-order valence-corrected chi connectivity index (χ0v) is 11.2. The van der Waals surface area contributed by atoms with Crippen LogP contribution in [-0.4, -0.2) is 42.6 Å². The minimum absolute atomic E-state index is 0.162. The Labute approximate surface area is 112 Å². The van der Waals surface area contributed by atoms with Crippen LogP contribution in [-0.2, 0) is 4.74 Å². The number of pyridine rings is 1. The highest BCUT2D eigenvalue weighted by Crippen LogP contribution is 2.10. The molecule has 0 aliphatic heterocycles. The summed E-state index contributed by atoms with van der Waals surface area (Å²) in [5, 5.41) is 8.63. The molecule has 1 aromatic heterocycles. The Hall–Kier alpha value is -2.13. The molecule has 6 heteroatoms. The molecule has 0 aromatic carbocycles. The average molecular weight is 262 g/mol. The highest BCUT2D eigenvalue weighted by Gasteiger charge is 2.16. The van der Waals surface area contributed by atoms with Crippen LogP contribution in [0.15, 0.2) is 12.1 Å². The summed E-state index contributed by atoms with van der Waals surface area (Å²) in [4.78, 5) is 18.0. The van der Waals surface area contributed by atoms with Crippen LogP contribution >= 0.6 is 0 Å². The number of aromatic nitrogens is 1. The Morgan fingerprint density at radius 2 is 2.26 bits per heavy atom. The summed E-state index contributed by atoms with van der Waals surface area (Å²) in [5.74, 6) is 0.153. The predicted octanol–water partition coefficient (Wildman–Crippen LogP) is 0.974. The van der Waals surface area contributed by atoms with Crippen molar-refractivity contribution in [3.63, 3.8) is 0 Å². The molecule has 1 rings (SSSR count). The highest BCUT2D eigenvalue weighted by atomic mass is 16.5. The van der Waals surface area contributed by atoms with Crippen molar-refractivity contribution in [2.24, 2.45) is 0 Å². The van der Waals surface area contributed by atoms with E-state index in [-0.39, 0.29) is 12.3 Å². The molecule has 0 fully saturated rings. The van der Waals surface area contributed by atoms with Crippen molar-refractivity contribution >= 4 is 11.7 Å². The van der Waals surface area contributed by atoms with E-state index < -0.39 is 0 Å². The SMILES string of the molecule is COCCN(CCC#N)C(=O)c1cc(C)nc(N)c1. The molecule has 0 unspecified atom stereocenters. The van der Waals surface area contributed by atoms with Crippen molar-refractivity contribution in [2.75, 3.05) is 32.5 Å². The lowest BCUT2D eigenvalue weighted by molar-refractivity contribution is 0.0699. The van der Waals surface area contributed by atoms with Crippen molar-refractivity contribution < 1.29 is 9.53 Å². The van der Waals surface area contributed by atoms with Crippen LogP contribution in [0.3, 0.4) is 0 Å². The van der Waals surface area contributed by atoms with Crippen LogP contribution in [0, 0.1) is 18.3 Å². The maximum absolute atomic E-state index is 12.3. The number of nitrogens with two attached hydrogens (primary N) is 1. The third-order valence-corrected chi connectivity index (χ3v) is 2.57. The first kappa shape index (κ1) is 14.9. The molecule has 0 spiro atoms. The molecule has 1 aromatic rings. The summed E-state index contributed by atoms with van der Waals surface area (Å²) < 4.78 is 4.97. The number of methoxy groups -OCH3 is 1. The van der Waals surface area contributed by atoms with Crippen molar-refractivity contribution in [3.05, 3.63) is 23.4 Å². The number of aryl methyl sites for hydroxylation is 1. The minimum atomic E-state index is -0.162. The van der Waals surface area contributed by atoms with Crippen LogP contribution in [0.4, 0.5) is 5.82 Å². The molecule has 0 aliphatic rings. The number of rotatable bonds is 6. The third-order valence-electron chi connectivity index (χ3n) is 2.57.